The molecule has 2 rings (SSSR count). The molecule has 0 saturated carbocycles. The predicted octanol–water partition coefficient (Wildman–Crippen LogP) is 3.29. The van der Waals surface area contributed by atoms with Crippen LogP contribution in [-0.2, 0) is 9.53 Å². The van der Waals surface area contributed by atoms with Gasteiger partial charge in [0.15, 0.2) is 5.13 Å². The first-order chi connectivity index (χ1) is 14.2. The molecule has 0 fully saturated rings. The molecule has 0 saturated heterocycles. The van der Waals surface area contributed by atoms with Gasteiger partial charge < -0.3 is 15.4 Å². The van der Waals surface area contributed by atoms with Crippen molar-refractivity contribution in [2.24, 2.45) is 0 Å². The summed E-state index contributed by atoms with van der Waals surface area (Å²) in [6.45, 7) is 5.18. The molecule has 2 N–H and O–H groups in total. The number of hydrogen-bond acceptors (Lipinski definition) is 8. The average molecular weight is 447 g/mol. The Hall–Kier alpha value is -2.90. The molecule has 1 heterocycles. The highest BCUT2D eigenvalue weighted by atomic mass is 32.1. The fourth-order valence-electron chi connectivity index (χ4n) is 2.39. The molecule has 2 aromatic rings. The number of esters is 1. The highest BCUT2D eigenvalue weighted by Gasteiger charge is 2.19. The van der Waals surface area contributed by atoms with Crippen LogP contribution in [0, 0.1) is 18.3 Å². The normalized spacial score (nSPS) is 11.5. The van der Waals surface area contributed by atoms with Gasteiger partial charge in [-0.2, -0.15) is 17.9 Å². The van der Waals surface area contributed by atoms with E-state index in [9.17, 15) is 14.4 Å². The first kappa shape index (κ1) is 23.4. The Morgan fingerprint density at radius 1 is 1.33 bits per heavy atom. The van der Waals surface area contributed by atoms with E-state index in [2.05, 4.69) is 28.2 Å². The first-order valence-corrected chi connectivity index (χ1v) is 10.5. The van der Waals surface area contributed by atoms with Gasteiger partial charge in [-0.05, 0) is 45.4 Å². The first-order valence-electron chi connectivity index (χ1n) is 9.17. The van der Waals surface area contributed by atoms with Crippen LogP contribution in [0.4, 0.5) is 5.13 Å². The summed E-state index contributed by atoms with van der Waals surface area (Å²) in [6, 6.07) is 8.27. The van der Waals surface area contributed by atoms with Gasteiger partial charge in [-0.3, -0.25) is 9.59 Å². The maximum atomic E-state index is 12.2. The van der Waals surface area contributed by atoms with E-state index in [0.29, 0.717) is 26.8 Å². The highest BCUT2D eigenvalue weighted by Crippen LogP contribution is 2.24. The Labute approximate surface area is 184 Å². The summed E-state index contributed by atoms with van der Waals surface area (Å²) in [5, 5.41) is 14.0. The Kier molecular flexibility index (Phi) is 8.38. The Bertz CT molecular complexity index is 981. The number of aromatic nitrogens is 1. The van der Waals surface area contributed by atoms with Crippen LogP contribution in [0.15, 0.2) is 24.3 Å². The molecule has 158 valence electrons. The molecule has 0 aliphatic carbocycles. The number of ether oxygens (including phenoxy) is 1. The van der Waals surface area contributed by atoms with Gasteiger partial charge in [0.2, 0.25) is 5.91 Å². The van der Waals surface area contributed by atoms with E-state index in [1.165, 1.54) is 6.07 Å². The molecule has 0 radical (unpaired) electrons. The van der Waals surface area contributed by atoms with Crippen molar-refractivity contribution in [3.63, 3.8) is 0 Å². The summed E-state index contributed by atoms with van der Waals surface area (Å²) >= 11 is 5.35. The minimum Gasteiger partial charge on any atom is -0.459 e. The minimum absolute atomic E-state index is 0.0943. The van der Waals surface area contributed by atoms with E-state index in [4.69, 9.17) is 10.00 Å². The second-order valence-electron chi connectivity index (χ2n) is 6.66. The van der Waals surface area contributed by atoms with Crippen molar-refractivity contribution in [1.29, 1.82) is 5.26 Å². The van der Waals surface area contributed by atoms with Crippen LogP contribution in [0.3, 0.4) is 0 Å². The van der Waals surface area contributed by atoms with Crippen molar-refractivity contribution in [3.05, 3.63) is 46.0 Å². The number of carbonyl (C=O) groups is 3. The number of anilines is 1. The van der Waals surface area contributed by atoms with E-state index in [-0.39, 0.29) is 30.8 Å². The van der Waals surface area contributed by atoms with E-state index in [0.717, 1.165) is 11.3 Å². The fourth-order valence-corrected chi connectivity index (χ4v) is 3.51. The third kappa shape index (κ3) is 6.86. The lowest BCUT2D eigenvalue weighted by atomic mass is 10.1. The molecule has 30 heavy (non-hydrogen) atoms. The molecule has 1 aromatic heterocycles. The van der Waals surface area contributed by atoms with E-state index < -0.39 is 11.3 Å². The minimum atomic E-state index is -0.552. The summed E-state index contributed by atoms with van der Waals surface area (Å²) < 4.78 is 5.15. The smallest absolute Gasteiger partial charge is 0.350 e. The van der Waals surface area contributed by atoms with Gasteiger partial charge in [0.25, 0.3) is 5.91 Å². The van der Waals surface area contributed by atoms with Crippen molar-refractivity contribution >= 4 is 46.9 Å². The number of rotatable bonds is 8. The summed E-state index contributed by atoms with van der Waals surface area (Å²) in [6.07, 6.45) is 0.129. The number of aryl methyl sites for hydroxylation is 1. The molecule has 1 aromatic carbocycles. The molecule has 0 spiro atoms. The largest absolute Gasteiger partial charge is 0.459 e. The van der Waals surface area contributed by atoms with Gasteiger partial charge in [0.05, 0.1) is 28.8 Å². The Morgan fingerprint density at radius 2 is 2.07 bits per heavy atom. The fraction of sp³-hybridized carbons (Fsp3) is 0.350. The predicted molar refractivity (Wildman–Crippen MR) is 117 cm³/mol. The van der Waals surface area contributed by atoms with Gasteiger partial charge in [-0.25, -0.2) is 9.78 Å². The van der Waals surface area contributed by atoms with Gasteiger partial charge in [0.1, 0.15) is 4.88 Å². The Morgan fingerprint density at radius 3 is 2.73 bits per heavy atom. The number of thiol groups is 1. The van der Waals surface area contributed by atoms with Crippen molar-refractivity contribution in [2.45, 2.75) is 45.1 Å². The molecule has 0 aliphatic rings. The molecule has 0 bridgehead atoms. The van der Waals surface area contributed by atoms with Crippen LogP contribution >= 0.6 is 24.0 Å². The summed E-state index contributed by atoms with van der Waals surface area (Å²) in [4.78, 5) is 40.9. The zero-order valence-electron chi connectivity index (χ0n) is 16.8. The molecule has 10 heteroatoms. The summed E-state index contributed by atoms with van der Waals surface area (Å²) in [5.41, 5.74) is 1.21. The molecule has 2 amide bonds. The zero-order chi connectivity index (χ0) is 22.3. The van der Waals surface area contributed by atoms with Gasteiger partial charge in [-0.15, -0.1) is 0 Å². The molecular formula is C20H22N4O4S2. The van der Waals surface area contributed by atoms with Crippen LogP contribution in [0.1, 0.15) is 58.0 Å². The summed E-state index contributed by atoms with van der Waals surface area (Å²) in [7, 11) is 0. The third-order valence-corrected chi connectivity index (χ3v) is 5.21. The number of benzene rings is 1. The molecule has 8 nitrogen and oxygen atoms in total. The van der Waals surface area contributed by atoms with Crippen molar-refractivity contribution < 1.29 is 19.1 Å². The van der Waals surface area contributed by atoms with Crippen molar-refractivity contribution in [2.75, 3.05) is 5.32 Å². The molecule has 1 atom stereocenters. The quantitative estimate of drug-likeness (QED) is 0.325. The number of amides is 2. The average Bonchev–Trinajstić information content (AvgIpc) is 3.06. The third-order valence-electron chi connectivity index (χ3n) is 3.77. The van der Waals surface area contributed by atoms with Gasteiger partial charge in [-0.1, -0.05) is 17.4 Å². The lowest BCUT2D eigenvalue weighted by molar-refractivity contribution is -0.116. The number of nitrogens with zero attached hydrogens (tertiary/aromatic N) is 2. The van der Waals surface area contributed by atoms with Crippen LogP contribution < -0.4 is 10.6 Å². The SMILES string of the molecule is Cc1nc(NC(=O)CCC(S)NC(=O)c2cccc(C#N)c2)sc1C(=O)OC(C)C. The number of hydrogen-bond donors (Lipinski definition) is 3. The van der Waals surface area contributed by atoms with Crippen LogP contribution in [-0.4, -0.2) is 34.2 Å². The second-order valence-corrected chi connectivity index (χ2v) is 8.28. The zero-order valence-corrected chi connectivity index (χ0v) is 18.5. The molecular weight excluding hydrogens is 424 g/mol. The van der Waals surface area contributed by atoms with Crippen molar-refractivity contribution in [1.82, 2.24) is 10.3 Å². The van der Waals surface area contributed by atoms with E-state index in [1.54, 1.807) is 39.0 Å². The maximum absolute atomic E-state index is 12.2. The topological polar surface area (TPSA) is 121 Å². The second kappa shape index (κ2) is 10.8. The van der Waals surface area contributed by atoms with Gasteiger partial charge in [0, 0.05) is 12.0 Å². The number of nitrogens with one attached hydrogen (secondary N) is 2. The van der Waals surface area contributed by atoms with E-state index in [1.807, 2.05) is 6.07 Å². The monoisotopic (exact) mass is 446 g/mol. The number of thiazole rings is 1. The van der Waals surface area contributed by atoms with E-state index >= 15 is 0 Å². The molecule has 1 unspecified atom stereocenters. The van der Waals surface area contributed by atoms with Crippen LogP contribution in [0.25, 0.3) is 0 Å². The lowest BCUT2D eigenvalue weighted by Crippen LogP contribution is -2.31. The van der Waals surface area contributed by atoms with Gasteiger partial charge >= 0.3 is 5.97 Å². The molecule has 0 aliphatic heterocycles. The standard InChI is InChI=1S/C20H22N4O4S2/c1-11(2)28-19(27)17-12(3)22-20(30-17)23-15(25)7-8-16(29)24-18(26)14-6-4-5-13(9-14)10-21/h4-6,9,11,16,29H,7-8H2,1-3H3,(H,24,26)(H,22,23,25). The van der Waals surface area contributed by atoms with Crippen LogP contribution in [0.5, 0.6) is 0 Å². The van der Waals surface area contributed by atoms with Crippen LogP contribution in [0.2, 0.25) is 0 Å². The number of carbonyl (C=O) groups excluding carboxylic acids is 3. The van der Waals surface area contributed by atoms with Crippen molar-refractivity contribution in [3.8, 4) is 6.07 Å². The maximum Gasteiger partial charge on any atom is 0.350 e. The number of nitriles is 1. The lowest BCUT2D eigenvalue weighted by Gasteiger charge is -2.13. The summed E-state index contributed by atoms with van der Waals surface area (Å²) in [5.74, 6) is -1.16. The Balaban J connectivity index is 1.85. The highest BCUT2D eigenvalue weighted by molar-refractivity contribution is 7.80.